The third-order valence-corrected chi connectivity index (χ3v) is 7.81. The minimum atomic E-state index is -2.66. The molecule has 0 spiro atoms. The van der Waals surface area contributed by atoms with Gasteiger partial charge < -0.3 is 0 Å². The molecule has 6 aromatic rings. The van der Waals surface area contributed by atoms with Crippen molar-refractivity contribution in [3.8, 4) is 11.1 Å². The monoisotopic (exact) mass is 483 g/mol. The molecule has 0 unspecified atom stereocenters. The minimum absolute atomic E-state index is 0.236. The summed E-state index contributed by atoms with van der Waals surface area (Å²) in [6.07, 6.45) is 0.0214. The lowest BCUT2D eigenvalue weighted by molar-refractivity contribution is 0.146. The van der Waals surface area contributed by atoms with E-state index in [1.165, 1.54) is 28.5 Å². The summed E-state index contributed by atoms with van der Waals surface area (Å²) < 4.78 is 29.9. The third kappa shape index (κ3) is 3.31. The molecule has 0 aliphatic heterocycles. The smallest absolute Gasteiger partial charge is 0.236 e. The zero-order chi connectivity index (χ0) is 23.7. The predicted octanol–water partition coefficient (Wildman–Crippen LogP) is 7.07. The number of nitrogens with zero attached hydrogens (tertiary/aromatic N) is 5. The normalized spacial score (nSPS) is 17.7. The molecule has 172 valence electrons. The number of alkyl halides is 2. The molecule has 4 heterocycles. The molecular weight excluding hydrogens is 464 g/mol. The number of hydrogen-bond acceptors (Lipinski definition) is 5. The van der Waals surface area contributed by atoms with E-state index >= 15 is 0 Å². The molecule has 0 N–H and O–H groups in total. The summed E-state index contributed by atoms with van der Waals surface area (Å²) in [4.78, 5) is 14.4. The van der Waals surface area contributed by atoms with Crippen LogP contribution in [0, 0.1) is 6.92 Å². The van der Waals surface area contributed by atoms with Crippen molar-refractivity contribution in [2.45, 2.75) is 31.6 Å². The number of fused-ring (bicyclic) bond motifs is 5. The van der Waals surface area contributed by atoms with Gasteiger partial charge in [0.05, 0.1) is 5.52 Å². The summed E-state index contributed by atoms with van der Waals surface area (Å²) >= 11 is 1.35. The standard InChI is InChI=1S/C27H19F2N5S/c1-14-7-9-16(10-8-14)17-11-19(17)25-32-26-23-22(30-13-34(26)33-25)21-18(15-5-3-2-4-6-15)12-20(24(28)29)31-27(21)35-23/h2-10,12-13,17,19,24H,11H2,1H3/t17-,19-/m1/s1. The van der Waals surface area contributed by atoms with Crippen LogP contribution in [0.25, 0.3) is 37.2 Å². The van der Waals surface area contributed by atoms with Crippen LogP contribution in [0.15, 0.2) is 67.0 Å². The Bertz CT molecular complexity index is 1720. The molecule has 0 saturated heterocycles. The molecule has 7 rings (SSSR count). The molecule has 1 saturated carbocycles. The lowest BCUT2D eigenvalue weighted by atomic mass is 10.0. The Morgan fingerprint density at radius 2 is 1.80 bits per heavy atom. The number of pyridine rings is 1. The van der Waals surface area contributed by atoms with Gasteiger partial charge in [-0.3, -0.25) is 0 Å². The van der Waals surface area contributed by atoms with Crippen LogP contribution in [0.5, 0.6) is 0 Å². The first-order chi connectivity index (χ1) is 17.1. The number of hydrogen-bond donors (Lipinski definition) is 0. The number of halogens is 2. The van der Waals surface area contributed by atoms with Gasteiger partial charge in [-0.1, -0.05) is 60.2 Å². The second kappa shape index (κ2) is 7.61. The van der Waals surface area contributed by atoms with E-state index in [-0.39, 0.29) is 11.6 Å². The van der Waals surface area contributed by atoms with Gasteiger partial charge in [0.1, 0.15) is 21.6 Å². The van der Waals surface area contributed by atoms with Crippen molar-refractivity contribution in [3.63, 3.8) is 0 Å². The molecule has 35 heavy (non-hydrogen) atoms. The van der Waals surface area contributed by atoms with Crippen LogP contribution in [0.1, 0.15) is 47.3 Å². The highest BCUT2D eigenvalue weighted by Gasteiger charge is 2.42. The zero-order valence-electron chi connectivity index (χ0n) is 18.7. The van der Waals surface area contributed by atoms with Gasteiger partial charge in [0.25, 0.3) is 6.43 Å². The molecule has 4 aromatic heterocycles. The van der Waals surface area contributed by atoms with Crippen LogP contribution >= 0.6 is 11.3 Å². The zero-order valence-corrected chi connectivity index (χ0v) is 19.5. The van der Waals surface area contributed by atoms with Crippen LogP contribution in [0.2, 0.25) is 0 Å². The molecule has 1 aliphatic rings. The summed E-state index contributed by atoms with van der Waals surface area (Å²) in [5.41, 5.74) is 5.28. The highest BCUT2D eigenvalue weighted by atomic mass is 32.1. The molecule has 8 heteroatoms. The van der Waals surface area contributed by atoms with E-state index in [4.69, 9.17) is 10.1 Å². The quantitative estimate of drug-likeness (QED) is 0.269. The Kier molecular flexibility index (Phi) is 4.48. The van der Waals surface area contributed by atoms with E-state index in [1.807, 2.05) is 30.3 Å². The third-order valence-electron chi connectivity index (χ3n) is 6.74. The Balaban J connectivity index is 1.39. The first-order valence-electron chi connectivity index (χ1n) is 11.5. The Morgan fingerprint density at radius 1 is 1.00 bits per heavy atom. The molecule has 1 aliphatic carbocycles. The lowest BCUT2D eigenvalue weighted by Gasteiger charge is -2.07. The maximum atomic E-state index is 13.7. The van der Waals surface area contributed by atoms with Crippen LogP contribution in [-0.2, 0) is 0 Å². The van der Waals surface area contributed by atoms with Crippen molar-refractivity contribution < 1.29 is 8.78 Å². The molecule has 2 aromatic carbocycles. The van der Waals surface area contributed by atoms with Crippen LogP contribution in [0.3, 0.4) is 0 Å². The van der Waals surface area contributed by atoms with Crippen LogP contribution < -0.4 is 0 Å². The maximum Gasteiger partial charge on any atom is 0.280 e. The summed E-state index contributed by atoms with van der Waals surface area (Å²) in [6.45, 7) is 2.09. The minimum Gasteiger partial charge on any atom is -0.236 e. The van der Waals surface area contributed by atoms with Gasteiger partial charge >= 0.3 is 0 Å². The van der Waals surface area contributed by atoms with Crippen molar-refractivity contribution in [2.75, 3.05) is 0 Å². The van der Waals surface area contributed by atoms with Crippen LogP contribution in [-0.4, -0.2) is 24.6 Å². The van der Waals surface area contributed by atoms with Gasteiger partial charge in [-0.25, -0.2) is 28.2 Å². The van der Waals surface area contributed by atoms with Gasteiger partial charge in [0.2, 0.25) is 0 Å². The van der Waals surface area contributed by atoms with Gasteiger partial charge in [-0.15, -0.1) is 16.4 Å². The van der Waals surface area contributed by atoms with Crippen molar-refractivity contribution in [1.29, 1.82) is 0 Å². The molecule has 0 radical (unpaired) electrons. The van der Waals surface area contributed by atoms with Gasteiger partial charge in [-0.2, -0.15) is 0 Å². The number of aryl methyl sites for hydroxylation is 1. The number of rotatable bonds is 4. The van der Waals surface area contributed by atoms with E-state index in [1.54, 1.807) is 10.8 Å². The predicted molar refractivity (Wildman–Crippen MR) is 133 cm³/mol. The van der Waals surface area contributed by atoms with Crippen LogP contribution in [0.4, 0.5) is 8.78 Å². The highest BCUT2D eigenvalue weighted by Crippen LogP contribution is 2.54. The topological polar surface area (TPSA) is 56.0 Å². The molecule has 1 fully saturated rings. The summed E-state index contributed by atoms with van der Waals surface area (Å²) in [5.74, 6) is 1.48. The van der Waals surface area contributed by atoms with E-state index in [0.717, 1.165) is 33.4 Å². The Hall–Kier alpha value is -3.78. The summed E-state index contributed by atoms with van der Waals surface area (Å²) in [6, 6.07) is 19.6. The van der Waals surface area contributed by atoms with Crippen molar-refractivity contribution in [3.05, 3.63) is 89.6 Å². The summed E-state index contributed by atoms with van der Waals surface area (Å²) in [7, 11) is 0. The van der Waals surface area contributed by atoms with E-state index in [2.05, 4.69) is 41.2 Å². The number of thiophene rings is 1. The molecule has 0 amide bonds. The Morgan fingerprint density at radius 3 is 2.57 bits per heavy atom. The Labute approximate surface area is 203 Å². The fourth-order valence-electron chi connectivity index (χ4n) is 4.84. The first kappa shape index (κ1) is 20.6. The maximum absolute atomic E-state index is 13.7. The molecule has 5 nitrogen and oxygen atoms in total. The van der Waals surface area contributed by atoms with Crippen molar-refractivity contribution >= 4 is 37.4 Å². The van der Waals surface area contributed by atoms with Gasteiger partial charge in [-0.05, 0) is 42.0 Å². The van der Waals surface area contributed by atoms with E-state index in [9.17, 15) is 8.78 Å². The second-order valence-electron chi connectivity index (χ2n) is 9.06. The largest absolute Gasteiger partial charge is 0.280 e. The average molecular weight is 484 g/mol. The average Bonchev–Trinajstić information content (AvgIpc) is 3.39. The molecular formula is C27H19F2N5S. The van der Waals surface area contributed by atoms with E-state index < -0.39 is 6.43 Å². The van der Waals surface area contributed by atoms with Gasteiger partial charge in [0.15, 0.2) is 11.5 Å². The number of benzene rings is 2. The fourth-order valence-corrected chi connectivity index (χ4v) is 5.98. The first-order valence-corrected chi connectivity index (χ1v) is 12.3. The number of aromatic nitrogens is 5. The second-order valence-corrected chi connectivity index (χ2v) is 10.1. The van der Waals surface area contributed by atoms with Crippen molar-refractivity contribution in [2.24, 2.45) is 0 Å². The van der Waals surface area contributed by atoms with E-state index in [0.29, 0.717) is 22.0 Å². The molecule has 2 atom stereocenters. The van der Waals surface area contributed by atoms with Gasteiger partial charge in [0, 0.05) is 11.3 Å². The lowest BCUT2D eigenvalue weighted by Crippen LogP contribution is -1.93. The highest BCUT2D eigenvalue weighted by molar-refractivity contribution is 7.26. The SMILES string of the molecule is Cc1ccc([C@H]2C[C@H]2c2nc3c4sc5nc(C(F)F)cc(-c6ccccc6)c5c4ncn3n2)cc1. The fraction of sp³-hybridized carbons (Fsp3) is 0.185. The molecule has 0 bridgehead atoms. The summed E-state index contributed by atoms with van der Waals surface area (Å²) in [5, 5.41) is 5.50. The van der Waals surface area contributed by atoms with Crippen molar-refractivity contribution in [1.82, 2.24) is 24.6 Å².